The van der Waals surface area contributed by atoms with E-state index in [4.69, 9.17) is 0 Å². The van der Waals surface area contributed by atoms with E-state index in [1.807, 2.05) is 59.4 Å². The van der Waals surface area contributed by atoms with Gasteiger partial charge in [-0.05, 0) is 55.3 Å². The van der Waals surface area contributed by atoms with E-state index in [2.05, 4.69) is 27.4 Å². The molecule has 0 bridgehead atoms. The van der Waals surface area contributed by atoms with E-state index in [1.54, 1.807) is 6.20 Å². The Morgan fingerprint density at radius 2 is 1.86 bits per heavy atom. The zero-order valence-corrected chi connectivity index (χ0v) is 16.0. The molecule has 1 N–H and O–H groups in total. The summed E-state index contributed by atoms with van der Waals surface area (Å²) in [7, 11) is 0. The molecule has 1 aliphatic heterocycles. The fraction of sp³-hybridized carbons (Fsp3) is 0.304. The lowest BCUT2D eigenvalue weighted by atomic mass is 10.0. The van der Waals surface area contributed by atoms with Crippen molar-refractivity contribution in [3.8, 4) is 0 Å². The molecule has 0 radical (unpaired) electrons. The van der Waals surface area contributed by atoms with Crippen LogP contribution in [0.25, 0.3) is 0 Å². The normalized spacial score (nSPS) is 15.4. The van der Waals surface area contributed by atoms with Gasteiger partial charge in [-0.2, -0.15) is 5.10 Å². The quantitative estimate of drug-likeness (QED) is 0.689. The highest BCUT2D eigenvalue weighted by molar-refractivity contribution is 5.94. The Hall–Kier alpha value is -2.92. The molecule has 5 nitrogen and oxygen atoms in total. The van der Waals surface area contributed by atoms with E-state index in [1.165, 1.54) is 12.8 Å². The largest absolute Gasteiger partial charge is 0.344 e. The molecule has 0 spiro atoms. The Labute approximate surface area is 166 Å². The first-order valence-electron chi connectivity index (χ1n) is 9.92. The number of carbonyl (C=O) groups excluding carboxylic acids is 1. The zero-order valence-electron chi connectivity index (χ0n) is 16.0. The van der Waals surface area contributed by atoms with Crippen LogP contribution in [0.4, 0.5) is 0 Å². The molecule has 0 aliphatic carbocycles. The molecule has 5 heteroatoms. The van der Waals surface area contributed by atoms with Gasteiger partial charge in [0, 0.05) is 24.5 Å². The summed E-state index contributed by atoms with van der Waals surface area (Å²) < 4.78 is 1.86. The van der Waals surface area contributed by atoms with Gasteiger partial charge in [0.1, 0.15) is 0 Å². The van der Waals surface area contributed by atoms with Gasteiger partial charge in [0.25, 0.3) is 5.91 Å². The number of benzene rings is 2. The molecule has 1 atom stereocenters. The molecule has 1 saturated heterocycles. The van der Waals surface area contributed by atoms with Crippen molar-refractivity contribution in [2.24, 2.45) is 0 Å². The van der Waals surface area contributed by atoms with Crippen molar-refractivity contribution in [3.63, 3.8) is 0 Å². The molecule has 1 fully saturated rings. The van der Waals surface area contributed by atoms with Gasteiger partial charge in [0.05, 0.1) is 12.6 Å². The summed E-state index contributed by atoms with van der Waals surface area (Å²) in [5.41, 5.74) is 2.90. The fourth-order valence-electron chi connectivity index (χ4n) is 3.78. The maximum Gasteiger partial charge on any atom is 0.251 e. The summed E-state index contributed by atoms with van der Waals surface area (Å²) in [6.07, 6.45) is 6.17. The molecule has 1 aromatic heterocycles. The van der Waals surface area contributed by atoms with Crippen molar-refractivity contribution in [2.75, 3.05) is 19.6 Å². The van der Waals surface area contributed by atoms with E-state index in [-0.39, 0.29) is 11.9 Å². The minimum atomic E-state index is -0.0321. The van der Waals surface area contributed by atoms with Gasteiger partial charge in [-0.25, -0.2) is 0 Å². The van der Waals surface area contributed by atoms with Crippen molar-refractivity contribution in [1.29, 1.82) is 0 Å². The molecular formula is C23H26N4O. The van der Waals surface area contributed by atoms with Crippen LogP contribution in [0.5, 0.6) is 0 Å². The Morgan fingerprint density at radius 3 is 2.61 bits per heavy atom. The van der Waals surface area contributed by atoms with Crippen LogP contribution in [-0.4, -0.2) is 40.2 Å². The third-order valence-corrected chi connectivity index (χ3v) is 5.24. The van der Waals surface area contributed by atoms with Crippen molar-refractivity contribution in [2.45, 2.75) is 25.4 Å². The summed E-state index contributed by atoms with van der Waals surface area (Å²) in [4.78, 5) is 15.4. The molecule has 1 unspecified atom stereocenters. The Morgan fingerprint density at radius 1 is 1.04 bits per heavy atom. The van der Waals surface area contributed by atoms with Gasteiger partial charge in [0.2, 0.25) is 0 Å². The van der Waals surface area contributed by atoms with E-state index in [0.29, 0.717) is 12.1 Å². The van der Waals surface area contributed by atoms with Gasteiger partial charge in [-0.3, -0.25) is 9.48 Å². The fourth-order valence-corrected chi connectivity index (χ4v) is 3.78. The van der Waals surface area contributed by atoms with Gasteiger partial charge in [-0.15, -0.1) is 0 Å². The number of nitrogens with one attached hydrogen (secondary N) is 1. The van der Waals surface area contributed by atoms with Crippen molar-refractivity contribution in [1.82, 2.24) is 20.0 Å². The van der Waals surface area contributed by atoms with Crippen molar-refractivity contribution in [3.05, 3.63) is 89.7 Å². The van der Waals surface area contributed by atoms with Crippen LogP contribution < -0.4 is 5.32 Å². The van der Waals surface area contributed by atoms with Crippen LogP contribution in [-0.2, 0) is 6.54 Å². The van der Waals surface area contributed by atoms with Crippen LogP contribution in [0, 0.1) is 0 Å². The van der Waals surface area contributed by atoms with Gasteiger partial charge >= 0.3 is 0 Å². The Kier molecular flexibility index (Phi) is 5.83. The number of rotatable bonds is 7. The smallest absolute Gasteiger partial charge is 0.251 e. The second-order valence-electron chi connectivity index (χ2n) is 7.35. The van der Waals surface area contributed by atoms with Gasteiger partial charge in [0.15, 0.2) is 0 Å². The molecular weight excluding hydrogens is 348 g/mol. The lowest BCUT2D eigenvalue weighted by Gasteiger charge is -2.25. The molecule has 1 amide bonds. The number of hydrogen-bond acceptors (Lipinski definition) is 3. The summed E-state index contributed by atoms with van der Waals surface area (Å²) in [5, 5.41) is 7.50. The average Bonchev–Trinajstić information content (AvgIpc) is 3.43. The average molecular weight is 374 g/mol. The van der Waals surface area contributed by atoms with E-state index >= 15 is 0 Å². The van der Waals surface area contributed by atoms with E-state index in [0.717, 1.165) is 30.8 Å². The molecule has 144 valence electrons. The van der Waals surface area contributed by atoms with Crippen LogP contribution in [0.1, 0.15) is 40.4 Å². The van der Waals surface area contributed by atoms with Crippen LogP contribution in [0.3, 0.4) is 0 Å². The number of amides is 1. The predicted octanol–water partition coefficient (Wildman–Crippen LogP) is 3.50. The number of carbonyl (C=O) groups is 1. The maximum atomic E-state index is 13.0. The highest BCUT2D eigenvalue weighted by Crippen LogP contribution is 2.19. The third-order valence-electron chi connectivity index (χ3n) is 5.24. The molecule has 28 heavy (non-hydrogen) atoms. The molecule has 0 saturated carbocycles. The van der Waals surface area contributed by atoms with Crippen LogP contribution in [0.2, 0.25) is 0 Å². The number of likely N-dealkylation sites (tertiary alicyclic amines) is 1. The lowest BCUT2D eigenvalue weighted by Crippen LogP contribution is -2.37. The van der Waals surface area contributed by atoms with Crippen molar-refractivity contribution < 1.29 is 4.79 Å². The summed E-state index contributed by atoms with van der Waals surface area (Å²) in [6, 6.07) is 19.9. The van der Waals surface area contributed by atoms with E-state index in [9.17, 15) is 4.79 Å². The number of aromatic nitrogens is 2. The number of nitrogens with zero attached hydrogens (tertiary/aromatic N) is 3. The standard InChI is InChI=1S/C23H26N4O/c28-23(21-11-6-8-19(16-21)17-27-15-7-12-24-27)25-22(18-26-13-4-5-14-26)20-9-2-1-3-10-20/h1-3,6-12,15-16,22H,4-5,13-14,17-18H2,(H,25,28). The Balaban J connectivity index is 1.49. The first-order chi connectivity index (χ1) is 13.8. The van der Waals surface area contributed by atoms with E-state index < -0.39 is 0 Å². The zero-order chi connectivity index (χ0) is 19.2. The first-order valence-corrected chi connectivity index (χ1v) is 9.92. The Bertz CT molecular complexity index is 886. The summed E-state index contributed by atoms with van der Waals surface area (Å²) in [6.45, 7) is 3.73. The maximum absolute atomic E-state index is 13.0. The highest BCUT2D eigenvalue weighted by atomic mass is 16.1. The second-order valence-corrected chi connectivity index (χ2v) is 7.35. The summed E-state index contributed by atoms with van der Waals surface area (Å²) in [5.74, 6) is -0.0321. The van der Waals surface area contributed by atoms with Gasteiger partial charge in [-0.1, -0.05) is 42.5 Å². The monoisotopic (exact) mass is 374 g/mol. The predicted molar refractivity (Wildman–Crippen MR) is 110 cm³/mol. The molecule has 2 heterocycles. The molecule has 2 aromatic carbocycles. The second kappa shape index (κ2) is 8.85. The van der Waals surface area contributed by atoms with Crippen molar-refractivity contribution >= 4 is 5.91 Å². The topological polar surface area (TPSA) is 50.2 Å². The summed E-state index contributed by atoms with van der Waals surface area (Å²) >= 11 is 0. The minimum Gasteiger partial charge on any atom is -0.344 e. The number of hydrogen-bond donors (Lipinski definition) is 1. The third kappa shape index (κ3) is 4.67. The van der Waals surface area contributed by atoms with Crippen LogP contribution >= 0.6 is 0 Å². The molecule has 3 aromatic rings. The van der Waals surface area contributed by atoms with Gasteiger partial charge < -0.3 is 10.2 Å². The molecule has 1 aliphatic rings. The minimum absolute atomic E-state index is 0.0124. The highest BCUT2D eigenvalue weighted by Gasteiger charge is 2.21. The SMILES string of the molecule is O=C(NC(CN1CCCC1)c1ccccc1)c1cccc(Cn2cccn2)c1. The lowest BCUT2D eigenvalue weighted by molar-refractivity contribution is 0.0927. The van der Waals surface area contributed by atoms with Crippen LogP contribution in [0.15, 0.2) is 73.1 Å². The first kappa shape index (κ1) is 18.4. The molecule has 4 rings (SSSR count).